The van der Waals surface area contributed by atoms with Gasteiger partial charge in [-0.15, -0.1) is 5.10 Å². The van der Waals surface area contributed by atoms with Gasteiger partial charge in [0.1, 0.15) is 0 Å². The number of nitrogens with zero attached hydrogens (tertiary/aromatic N) is 5. The maximum atomic E-state index is 13.3. The summed E-state index contributed by atoms with van der Waals surface area (Å²) < 4.78 is 12.3. The van der Waals surface area contributed by atoms with Crippen LogP contribution in [0.3, 0.4) is 0 Å². The molecule has 4 N–H and O–H groups in total. The fourth-order valence-corrected chi connectivity index (χ4v) is 3.78. The lowest BCUT2D eigenvalue weighted by Crippen LogP contribution is -2.63. The molecular formula is C22H21N7O5. The Morgan fingerprint density at radius 3 is 2.97 bits per heavy atom. The molecule has 0 spiro atoms. The second-order valence-electron chi connectivity index (χ2n) is 7.91. The van der Waals surface area contributed by atoms with E-state index in [1.807, 2.05) is 6.07 Å². The minimum atomic E-state index is -1.82. The molecule has 1 aliphatic heterocycles. The summed E-state index contributed by atoms with van der Waals surface area (Å²) in [6.07, 6.45) is 3.19. The average Bonchev–Trinajstić information content (AvgIpc) is 3.48. The van der Waals surface area contributed by atoms with E-state index in [0.717, 1.165) is 5.69 Å². The van der Waals surface area contributed by atoms with Gasteiger partial charge in [-0.25, -0.2) is 4.68 Å². The Morgan fingerprint density at radius 1 is 1.32 bits per heavy atom. The van der Waals surface area contributed by atoms with Crippen LogP contribution in [0.25, 0.3) is 16.7 Å². The number of anilines is 3. The van der Waals surface area contributed by atoms with Crippen LogP contribution in [0.2, 0.25) is 0 Å². The van der Waals surface area contributed by atoms with Crippen molar-refractivity contribution in [3.05, 3.63) is 55.0 Å². The van der Waals surface area contributed by atoms with Crippen molar-refractivity contribution in [3.63, 3.8) is 0 Å². The number of nitrogens with one attached hydrogen (secondary N) is 1. The lowest BCUT2D eigenvalue weighted by Gasteiger charge is -2.40. The number of nitrogens with two attached hydrogens (primary N) is 1. The number of hydrogen-bond donors (Lipinski definition) is 3. The number of aromatic nitrogens is 4. The van der Waals surface area contributed by atoms with Crippen LogP contribution in [-0.4, -0.2) is 61.7 Å². The maximum absolute atomic E-state index is 13.3. The monoisotopic (exact) mass is 463 g/mol. The summed E-state index contributed by atoms with van der Waals surface area (Å²) in [5.74, 6) is -0.807. The number of hydrogen-bond acceptors (Lipinski definition) is 9. The van der Waals surface area contributed by atoms with Crippen LogP contribution >= 0.6 is 0 Å². The van der Waals surface area contributed by atoms with E-state index in [-0.39, 0.29) is 19.0 Å². The number of amides is 2. The number of aliphatic hydroxyl groups excluding tert-OH is 1. The highest BCUT2D eigenvalue weighted by Crippen LogP contribution is 2.29. The van der Waals surface area contributed by atoms with Gasteiger partial charge in [-0.1, -0.05) is 5.16 Å². The number of fused-ring (bicyclic) bond motifs is 1. The van der Waals surface area contributed by atoms with Gasteiger partial charge >= 0.3 is 0 Å². The van der Waals surface area contributed by atoms with Gasteiger partial charge in [0.25, 0.3) is 11.8 Å². The molecule has 3 aromatic heterocycles. The summed E-state index contributed by atoms with van der Waals surface area (Å²) >= 11 is 0. The number of pyridine rings is 1. The van der Waals surface area contributed by atoms with Gasteiger partial charge in [-0.3, -0.25) is 19.5 Å². The number of rotatable bonds is 5. The predicted molar refractivity (Wildman–Crippen MR) is 121 cm³/mol. The van der Waals surface area contributed by atoms with Gasteiger partial charge in [-0.2, -0.15) is 0 Å². The van der Waals surface area contributed by atoms with Crippen molar-refractivity contribution in [2.24, 2.45) is 0 Å². The third-order valence-corrected chi connectivity index (χ3v) is 5.69. The third-order valence-electron chi connectivity index (χ3n) is 5.69. The number of carbonyl (C=O) groups excluding carboxylic acids is 2. The summed E-state index contributed by atoms with van der Waals surface area (Å²) in [6, 6.07) is 10.0. The van der Waals surface area contributed by atoms with E-state index >= 15 is 0 Å². The number of aliphatic hydroxyl groups is 1. The minimum absolute atomic E-state index is 0.107. The molecule has 0 bridgehead atoms. The second-order valence-corrected chi connectivity index (χ2v) is 7.91. The van der Waals surface area contributed by atoms with E-state index < -0.39 is 23.5 Å². The summed E-state index contributed by atoms with van der Waals surface area (Å²) in [4.78, 5) is 31.6. The first-order valence-electron chi connectivity index (χ1n) is 10.4. The number of carbonyl (C=O) groups is 2. The van der Waals surface area contributed by atoms with E-state index in [1.54, 1.807) is 47.5 Å². The van der Waals surface area contributed by atoms with Crippen LogP contribution in [0.15, 0.2) is 59.5 Å². The molecule has 2 atom stereocenters. The van der Waals surface area contributed by atoms with Crippen molar-refractivity contribution in [1.82, 2.24) is 19.9 Å². The topological polar surface area (TPSA) is 162 Å². The molecule has 34 heavy (non-hydrogen) atoms. The van der Waals surface area contributed by atoms with Crippen LogP contribution in [0.1, 0.15) is 6.92 Å². The summed E-state index contributed by atoms with van der Waals surface area (Å²) in [5.41, 5.74) is 5.32. The van der Waals surface area contributed by atoms with Crippen molar-refractivity contribution in [1.29, 1.82) is 0 Å². The second kappa shape index (κ2) is 8.24. The largest absolute Gasteiger partial charge is 0.380 e. The van der Waals surface area contributed by atoms with Crippen molar-refractivity contribution >= 4 is 40.1 Å². The molecular weight excluding hydrogens is 442 g/mol. The van der Waals surface area contributed by atoms with Crippen LogP contribution < -0.4 is 16.0 Å². The zero-order valence-corrected chi connectivity index (χ0v) is 18.1. The SMILES string of the molecule is C[C@]1(C(O)C(=O)Nc2ccc3c(N)noc3c2)OCCN(c2ccn(-c3cccnc3)n2)C1=O. The van der Waals surface area contributed by atoms with Gasteiger partial charge in [0.05, 0.1) is 30.4 Å². The molecule has 1 fully saturated rings. The lowest BCUT2D eigenvalue weighted by molar-refractivity contribution is -0.170. The van der Waals surface area contributed by atoms with Gasteiger partial charge in [-0.05, 0) is 31.2 Å². The Morgan fingerprint density at radius 2 is 2.18 bits per heavy atom. The summed E-state index contributed by atoms with van der Waals surface area (Å²) in [7, 11) is 0. The van der Waals surface area contributed by atoms with E-state index in [4.69, 9.17) is 15.0 Å². The molecule has 1 aliphatic rings. The third kappa shape index (κ3) is 3.64. The molecule has 12 nitrogen and oxygen atoms in total. The molecule has 174 valence electrons. The van der Waals surface area contributed by atoms with Gasteiger partial charge in [0.15, 0.2) is 28.9 Å². The highest BCUT2D eigenvalue weighted by molar-refractivity contribution is 6.06. The molecule has 1 saturated heterocycles. The van der Waals surface area contributed by atoms with Gasteiger partial charge in [0.2, 0.25) is 0 Å². The first-order valence-corrected chi connectivity index (χ1v) is 10.4. The molecule has 2 amide bonds. The minimum Gasteiger partial charge on any atom is -0.380 e. The van der Waals surface area contributed by atoms with Crippen LogP contribution in [0, 0.1) is 0 Å². The molecule has 0 radical (unpaired) electrons. The lowest BCUT2D eigenvalue weighted by atomic mass is 9.94. The first kappa shape index (κ1) is 21.6. The van der Waals surface area contributed by atoms with E-state index in [0.29, 0.717) is 22.5 Å². The normalized spacial score (nSPS) is 19.4. The maximum Gasteiger partial charge on any atom is 0.263 e. The standard InChI is InChI=1S/C22H21N7O5/c1-22(18(30)20(31)25-13-4-5-15-16(11-13)34-27-19(15)23)21(32)28(9-10-33-22)17-6-8-29(26-17)14-3-2-7-24-12-14/h2-8,11-12,18,30H,9-10H2,1H3,(H2,23,27)(H,25,31)/t18?,22-/m1/s1. The fraction of sp³-hybridized carbons (Fsp3) is 0.227. The van der Waals surface area contributed by atoms with E-state index in [9.17, 15) is 14.7 Å². The van der Waals surface area contributed by atoms with Gasteiger partial charge < -0.3 is 25.4 Å². The zero-order chi connectivity index (χ0) is 23.9. The number of ether oxygens (including phenoxy) is 1. The van der Waals surface area contributed by atoms with Crippen molar-refractivity contribution in [3.8, 4) is 5.69 Å². The predicted octanol–water partition coefficient (Wildman–Crippen LogP) is 1.11. The van der Waals surface area contributed by atoms with Crippen molar-refractivity contribution < 1.29 is 24.0 Å². The van der Waals surface area contributed by atoms with Crippen LogP contribution in [-0.2, 0) is 14.3 Å². The van der Waals surface area contributed by atoms with Crippen molar-refractivity contribution in [2.75, 3.05) is 29.1 Å². The van der Waals surface area contributed by atoms with Crippen LogP contribution in [0.5, 0.6) is 0 Å². The molecule has 0 saturated carbocycles. The Balaban J connectivity index is 1.34. The molecule has 12 heteroatoms. The molecule has 1 unspecified atom stereocenters. The highest BCUT2D eigenvalue weighted by atomic mass is 16.5. The highest BCUT2D eigenvalue weighted by Gasteiger charge is 2.51. The zero-order valence-electron chi connectivity index (χ0n) is 18.1. The Kier molecular flexibility index (Phi) is 5.23. The summed E-state index contributed by atoms with van der Waals surface area (Å²) in [6.45, 7) is 1.70. The number of morpholine rings is 1. The van der Waals surface area contributed by atoms with Crippen molar-refractivity contribution in [2.45, 2.75) is 18.6 Å². The van der Waals surface area contributed by atoms with Gasteiger partial charge in [0, 0.05) is 30.2 Å². The Bertz CT molecular complexity index is 1370. The molecule has 4 heterocycles. The average molecular weight is 463 g/mol. The fourth-order valence-electron chi connectivity index (χ4n) is 3.78. The molecule has 1 aromatic carbocycles. The molecule has 0 aliphatic carbocycles. The van der Waals surface area contributed by atoms with E-state index in [1.165, 1.54) is 17.9 Å². The molecule has 5 rings (SSSR count). The number of nitrogen functional groups attached to an aromatic ring is 1. The van der Waals surface area contributed by atoms with E-state index in [2.05, 4.69) is 20.6 Å². The first-order chi connectivity index (χ1) is 16.4. The number of benzene rings is 1. The Hall–Kier alpha value is -4.29. The quantitative estimate of drug-likeness (QED) is 0.394. The Labute approximate surface area is 192 Å². The molecule has 4 aromatic rings. The van der Waals surface area contributed by atoms with Crippen LogP contribution in [0.4, 0.5) is 17.3 Å². The summed E-state index contributed by atoms with van der Waals surface area (Å²) in [5, 5.41) is 22.1. The smallest absolute Gasteiger partial charge is 0.263 e.